The van der Waals surface area contributed by atoms with Crippen LogP contribution in [0.25, 0.3) is 0 Å². The van der Waals surface area contributed by atoms with Crippen LogP contribution < -0.4 is 10.6 Å². The zero-order valence-electron chi connectivity index (χ0n) is 10.1. The van der Waals surface area contributed by atoms with Gasteiger partial charge in [-0.05, 0) is 32.9 Å². The molecule has 2 amide bonds. The van der Waals surface area contributed by atoms with E-state index < -0.39 is 12.0 Å². The van der Waals surface area contributed by atoms with Crippen molar-refractivity contribution in [2.45, 2.75) is 26.3 Å². The number of carboxylic acid groups (broad SMARTS) is 1. The van der Waals surface area contributed by atoms with E-state index in [0.717, 1.165) is 0 Å². The molecule has 17 heavy (non-hydrogen) atoms. The molecule has 3 N–H and O–H groups in total. The summed E-state index contributed by atoms with van der Waals surface area (Å²) in [5.41, 5.74) is -0.0271. The molecule has 5 heteroatoms. The van der Waals surface area contributed by atoms with Crippen LogP contribution >= 0.6 is 0 Å². The molecule has 0 aromatic heterocycles. The summed E-state index contributed by atoms with van der Waals surface area (Å²) in [6, 6.07) is 5.84. The van der Waals surface area contributed by atoms with E-state index in [2.05, 4.69) is 10.6 Å². The number of carbonyl (C=O) groups is 2. The lowest BCUT2D eigenvalue weighted by molar-refractivity contribution is 0.0698. The lowest BCUT2D eigenvalue weighted by atomic mass is 10.1. The van der Waals surface area contributed by atoms with Crippen LogP contribution in [0.3, 0.4) is 0 Å². The van der Waals surface area contributed by atoms with Crippen molar-refractivity contribution in [1.82, 2.24) is 5.32 Å². The molecule has 1 aromatic carbocycles. The van der Waals surface area contributed by atoms with Gasteiger partial charge in [-0.1, -0.05) is 12.1 Å². The van der Waals surface area contributed by atoms with E-state index in [1.165, 1.54) is 6.07 Å². The van der Waals surface area contributed by atoms with Gasteiger partial charge in [0.05, 0.1) is 11.3 Å². The predicted octanol–water partition coefficient (Wildman–Crippen LogP) is 2.30. The molecule has 0 radical (unpaired) electrons. The van der Waals surface area contributed by atoms with E-state index >= 15 is 0 Å². The Morgan fingerprint density at radius 1 is 1.18 bits per heavy atom. The van der Waals surface area contributed by atoms with Crippen molar-refractivity contribution in [3.8, 4) is 0 Å². The average molecular weight is 236 g/mol. The second-order valence-corrected chi connectivity index (χ2v) is 4.68. The Bertz CT molecular complexity index is 436. The molecule has 0 unspecified atom stereocenters. The predicted molar refractivity (Wildman–Crippen MR) is 65.3 cm³/mol. The molecule has 0 atom stereocenters. The van der Waals surface area contributed by atoms with Gasteiger partial charge in [-0.3, -0.25) is 0 Å². The van der Waals surface area contributed by atoms with Gasteiger partial charge in [0.2, 0.25) is 0 Å². The van der Waals surface area contributed by atoms with Gasteiger partial charge in [0.1, 0.15) is 0 Å². The highest BCUT2D eigenvalue weighted by Gasteiger charge is 2.16. The third-order valence-corrected chi connectivity index (χ3v) is 1.89. The Kier molecular flexibility index (Phi) is 3.73. The minimum Gasteiger partial charge on any atom is -0.478 e. The van der Waals surface area contributed by atoms with Crippen LogP contribution in [0.5, 0.6) is 0 Å². The van der Waals surface area contributed by atoms with Gasteiger partial charge in [-0.2, -0.15) is 0 Å². The van der Waals surface area contributed by atoms with Crippen molar-refractivity contribution in [3.63, 3.8) is 0 Å². The van der Waals surface area contributed by atoms with Crippen LogP contribution in [0, 0.1) is 0 Å². The number of carbonyl (C=O) groups excluding carboxylic acids is 1. The molecular weight excluding hydrogens is 220 g/mol. The van der Waals surface area contributed by atoms with Gasteiger partial charge in [0, 0.05) is 5.54 Å². The van der Waals surface area contributed by atoms with Gasteiger partial charge >= 0.3 is 12.0 Å². The first kappa shape index (κ1) is 13.0. The van der Waals surface area contributed by atoms with Gasteiger partial charge in [0.25, 0.3) is 0 Å². The monoisotopic (exact) mass is 236 g/mol. The Morgan fingerprint density at radius 2 is 1.76 bits per heavy atom. The van der Waals surface area contributed by atoms with Gasteiger partial charge < -0.3 is 15.7 Å². The zero-order chi connectivity index (χ0) is 13.1. The summed E-state index contributed by atoms with van der Waals surface area (Å²) < 4.78 is 0. The van der Waals surface area contributed by atoms with E-state index in [-0.39, 0.29) is 16.8 Å². The van der Waals surface area contributed by atoms with Crippen molar-refractivity contribution in [3.05, 3.63) is 29.8 Å². The second-order valence-electron chi connectivity index (χ2n) is 4.68. The minimum atomic E-state index is -1.07. The molecule has 0 heterocycles. The highest BCUT2D eigenvalue weighted by Crippen LogP contribution is 2.14. The molecule has 5 nitrogen and oxygen atoms in total. The molecule has 1 rings (SSSR count). The fourth-order valence-electron chi connectivity index (χ4n) is 1.27. The summed E-state index contributed by atoms with van der Waals surface area (Å²) in [7, 11) is 0. The van der Waals surface area contributed by atoms with E-state index in [1.54, 1.807) is 18.2 Å². The first-order chi connectivity index (χ1) is 7.79. The van der Waals surface area contributed by atoms with Gasteiger partial charge in [-0.15, -0.1) is 0 Å². The molecule has 0 spiro atoms. The zero-order valence-corrected chi connectivity index (χ0v) is 10.1. The minimum absolute atomic E-state index is 0.0663. The largest absolute Gasteiger partial charge is 0.478 e. The van der Waals surface area contributed by atoms with Crippen LogP contribution in [-0.4, -0.2) is 22.6 Å². The molecule has 92 valence electrons. The third-order valence-electron chi connectivity index (χ3n) is 1.89. The number of nitrogens with one attached hydrogen (secondary N) is 2. The van der Waals surface area contributed by atoms with Gasteiger partial charge in [-0.25, -0.2) is 9.59 Å². The van der Waals surface area contributed by atoms with Crippen molar-refractivity contribution >= 4 is 17.7 Å². The Hall–Kier alpha value is -2.04. The fourth-order valence-corrected chi connectivity index (χ4v) is 1.27. The topological polar surface area (TPSA) is 78.4 Å². The van der Waals surface area contributed by atoms with E-state index in [9.17, 15) is 9.59 Å². The quantitative estimate of drug-likeness (QED) is 0.737. The van der Waals surface area contributed by atoms with Crippen molar-refractivity contribution in [1.29, 1.82) is 0 Å². The van der Waals surface area contributed by atoms with Crippen LogP contribution in [0.4, 0.5) is 10.5 Å². The summed E-state index contributed by atoms with van der Waals surface area (Å²) in [4.78, 5) is 22.5. The van der Waals surface area contributed by atoms with E-state index in [1.807, 2.05) is 20.8 Å². The maximum Gasteiger partial charge on any atom is 0.337 e. The number of para-hydroxylation sites is 1. The van der Waals surface area contributed by atoms with Crippen LogP contribution in [0.1, 0.15) is 31.1 Å². The standard InChI is InChI=1S/C12H16N2O3/c1-12(2,3)14-11(17)13-9-7-5-4-6-8(9)10(15)16/h4-7H,1-3H3,(H,15,16)(H2,13,14,17). The maximum atomic E-state index is 11.6. The second kappa shape index (κ2) is 4.86. The number of amides is 2. The number of urea groups is 1. The normalized spacial score (nSPS) is 10.8. The van der Waals surface area contributed by atoms with Gasteiger partial charge in [0.15, 0.2) is 0 Å². The number of aromatic carboxylic acids is 1. The molecule has 0 fully saturated rings. The maximum absolute atomic E-state index is 11.6. The van der Waals surface area contributed by atoms with E-state index in [4.69, 9.17) is 5.11 Å². The molecular formula is C12H16N2O3. The number of carboxylic acids is 1. The Balaban J connectivity index is 2.82. The summed E-state index contributed by atoms with van der Waals surface area (Å²) in [5, 5.41) is 14.1. The molecule has 0 aliphatic heterocycles. The number of benzene rings is 1. The van der Waals surface area contributed by atoms with Crippen molar-refractivity contribution in [2.75, 3.05) is 5.32 Å². The highest BCUT2D eigenvalue weighted by atomic mass is 16.4. The number of rotatable bonds is 2. The molecule has 0 bridgehead atoms. The van der Waals surface area contributed by atoms with Crippen molar-refractivity contribution in [2.24, 2.45) is 0 Å². The Labute approximate surface area is 99.8 Å². The SMILES string of the molecule is CC(C)(C)NC(=O)Nc1ccccc1C(=O)O. The van der Waals surface area contributed by atoms with Crippen LogP contribution in [0.15, 0.2) is 24.3 Å². The molecule has 0 saturated heterocycles. The molecule has 1 aromatic rings. The first-order valence-electron chi connectivity index (χ1n) is 5.21. The van der Waals surface area contributed by atoms with Crippen LogP contribution in [0.2, 0.25) is 0 Å². The number of hydrogen-bond acceptors (Lipinski definition) is 2. The summed E-state index contributed by atoms with van der Waals surface area (Å²) in [6.07, 6.45) is 0. The Morgan fingerprint density at radius 3 is 2.29 bits per heavy atom. The first-order valence-corrected chi connectivity index (χ1v) is 5.21. The molecule has 0 saturated carbocycles. The lowest BCUT2D eigenvalue weighted by Gasteiger charge is -2.21. The van der Waals surface area contributed by atoms with E-state index in [0.29, 0.717) is 0 Å². The summed E-state index contributed by atoms with van der Waals surface area (Å²) in [5.74, 6) is -1.07. The molecule has 0 aliphatic rings. The lowest BCUT2D eigenvalue weighted by Crippen LogP contribution is -2.43. The fraction of sp³-hybridized carbons (Fsp3) is 0.333. The summed E-state index contributed by atoms with van der Waals surface area (Å²) in [6.45, 7) is 5.53. The smallest absolute Gasteiger partial charge is 0.337 e. The summed E-state index contributed by atoms with van der Waals surface area (Å²) >= 11 is 0. The van der Waals surface area contributed by atoms with Crippen molar-refractivity contribution < 1.29 is 14.7 Å². The molecule has 0 aliphatic carbocycles. The third kappa shape index (κ3) is 4.14. The number of anilines is 1. The highest BCUT2D eigenvalue weighted by molar-refractivity contribution is 6.00. The number of hydrogen-bond donors (Lipinski definition) is 3. The average Bonchev–Trinajstić information content (AvgIpc) is 2.14. The van der Waals surface area contributed by atoms with Crippen LogP contribution in [-0.2, 0) is 0 Å².